The lowest BCUT2D eigenvalue weighted by Gasteiger charge is -2.04. The highest BCUT2D eigenvalue weighted by Crippen LogP contribution is 2.12. The van der Waals surface area contributed by atoms with E-state index in [2.05, 4.69) is 5.32 Å². The van der Waals surface area contributed by atoms with Crippen LogP contribution in [0.1, 0.15) is 20.7 Å². The number of carbonyl (C=O) groups is 2. The van der Waals surface area contributed by atoms with E-state index in [-0.39, 0.29) is 11.3 Å². The molecule has 0 saturated carbocycles. The zero-order valence-electron chi connectivity index (χ0n) is 11.9. The van der Waals surface area contributed by atoms with Crippen LogP contribution < -0.4 is 15.2 Å². The maximum Gasteiger partial charge on any atom is 0.187 e. The van der Waals surface area contributed by atoms with Gasteiger partial charge in [-0.3, -0.25) is 4.79 Å². The van der Waals surface area contributed by atoms with Crippen LogP contribution in [0, 0.1) is 0 Å². The Labute approximate surface area is 127 Å². The summed E-state index contributed by atoms with van der Waals surface area (Å²) in [6.45, 7) is 0. The second-order valence-corrected chi connectivity index (χ2v) is 4.44. The van der Waals surface area contributed by atoms with Crippen LogP contribution in [0.5, 0.6) is 5.75 Å². The van der Waals surface area contributed by atoms with E-state index in [1.54, 1.807) is 43.5 Å². The van der Waals surface area contributed by atoms with Crippen molar-refractivity contribution < 1.29 is 19.4 Å². The summed E-state index contributed by atoms with van der Waals surface area (Å²) in [7, 11) is 1.56. The van der Waals surface area contributed by atoms with Crippen LogP contribution in [-0.2, 0) is 0 Å². The normalized spacial score (nSPS) is 10.4. The third-order valence-corrected chi connectivity index (χ3v) is 2.98. The third kappa shape index (κ3) is 3.96. The van der Waals surface area contributed by atoms with Gasteiger partial charge in [0, 0.05) is 23.5 Å². The molecule has 22 heavy (non-hydrogen) atoms. The molecule has 5 heteroatoms. The summed E-state index contributed by atoms with van der Waals surface area (Å²) in [4.78, 5) is 22.5. The number of ketones is 1. The van der Waals surface area contributed by atoms with Crippen LogP contribution in [0.4, 0.5) is 5.69 Å². The van der Waals surface area contributed by atoms with E-state index >= 15 is 0 Å². The molecule has 0 saturated heterocycles. The molecule has 0 atom stereocenters. The van der Waals surface area contributed by atoms with Gasteiger partial charge in [0.2, 0.25) is 0 Å². The summed E-state index contributed by atoms with van der Waals surface area (Å²) in [6, 6.07) is 12.8. The number of allylic oxidation sites excluding steroid dienone is 1. The third-order valence-electron chi connectivity index (χ3n) is 2.98. The summed E-state index contributed by atoms with van der Waals surface area (Å²) in [5.74, 6) is -0.690. The van der Waals surface area contributed by atoms with Gasteiger partial charge in [-0.25, -0.2) is 0 Å². The Morgan fingerprint density at radius 3 is 2.14 bits per heavy atom. The average Bonchev–Trinajstić information content (AvgIpc) is 2.55. The van der Waals surface area contributed by atoms with Gasteiger partial charge < -0.3 is 20.0 Å². The van der Waals surface area contributed by atoms with E-state index in [0.29, 0.717) is 17.0 Å². The standard InChI is InChI=1S/C17H15NO4/c1-22-15-8-4-12(5-9-15)16(19)10-11-18-14-6-2-13(3-7-14)17(20)21/h2-11,18H,1H3,(H,20,21)/p-1/b11-10-. The minimum Gasteiger partial charge on any atom is -0.545 e. The van der Waals surface area contributed by atoms with Gasteiger partial charge in [-0.1, -0.05) is 12.1 Å². The number of methoxy groups -OCH3 is 1. The number of ether oxygens (including phenoxy) is 1. The van der Waals surface area contributed by atoms with Crippen LogP contribution in [0.3, 0.4) is 0 Å². The minimum absolute atomic E-state index is 0.101. The Morgan fingerprint density at radius 2 is 1.59 bits per heavy atom. The van der Waals surface area contributed by atoms with E-state index in [0.717, 1.165) is 0 Å². The van der Waals surface area contributed by atoms with Gasteiger partial charge in [0.05, 0.1) is 13.1 Å². The summed E-state index contributed by atoms with van der Waals surface area (Å²) in [5.41, 5.74) is 1.32. The number of aromatic carboxylic acids is 1. The van der Waals surface area contributed by atoms with Gasteiger partial charge in [-0.15, -0.1) is 0 Å². The molecule has 2 aromatic rings. The zero-order chi connectivity index (χ0) is 15.9. The molecule has 112 valence electrons. The number of rotatable bonds is 6. The number of hydrogen-bond donors (Lipinski definition) is 1. The quantitative estimate of drug-likeness (QED) is 0.650. The first kappa shape index (κ1) is 15.3. The van der Waals surface area contributed by atoms with E-state index in [1.807, 2.05) is 0 Å². The largest absolute Gasteiger partial charge is 0.545 e. The maximum absolute atomic E-state index is 11.9. The van der Waals surface area contributed by atoms with Gasteiger partial charge in [-0.05, 0) is 42.0 Å². The average molecular weight is 296 g/mol. The second-order valence-electron chi connectivity index (χ2n) is 4.44. The number of anilines is 1. The van der Waals surface area contributed by atoms with Crippen molar-refractivity contribution in [3.05, 3.63) is 71.9 Å². The summed E-state index contributed by atoms with van der Waals surface area (Å²) < 4.78 is 5.03. The molecule has 0 fully saturated rings. The highest BCUT2D eigenvalue weighted by atomic mass is 16.5. The van der Waals surface area contributed by atoms with Crippen LogP contribution in [0.25, 0.3) is 0 Å². The minimum atomic E-state index is -1.23. The van der Waals surface area contributed by atoms with Crippen molar-refractivity contribution in [1.82, 2.24) is 0 Å². The van der Waals surface area contributed by atoms with Crippen molar-refractivity contribution in [2.24, 2.45) is 0 Å². The molecule has 0 aliphatic heterocycles. The zero-order valence-corrected chi connectivity index (χ0v) is 11.9. The fourth-order valence-electron chi connectivity index (χ4n) is 1.77. The molecule has 0 heterocycles. The lowest BCUT2D eigenvalue weighted by atomic mass is 10.1. The molecule has 0 aliphatic carbocycles. The fraction of sp³-hybridized carbons (Fsp3) is 0.0588. The molecule has 2 aromatic carbocycles. The molecular weight excluding hydrogens is 282 g/mol. The Balaban J connectivity index is 1.96. The monoisotopic (exact) mass is 296 g/mol. The molecule has 0 radical (unpaired) electrons. The highest BCUT2D eigenvalue weighted by molar-refractivity contribution is 6.04. The maximum atomic E-state index is 11.9. The van der Waals surface area contributed by atoms with E-state index in [9.17, 15) is 14.7 Å². The van der Waals surface area contributed by atoms with Crippen molar-refractivity contribution in [2.45, 2.75) is 0 Å². The molecule has 0 spiro atoms. The number of benzene rings is 2. The molecule has 0 aliphatic rings. The fourth-order valence-corrected chi connectivity index (χ4v) is 1.77. The summed E-state index contributed by atoms with van der Waals surface area (Å²) >= 11 is 0. The molecule has 5 nitrogen and oxygen atoms in total. The van der Waals surface area contributed by atoms with E-state index in [1.165, 1.54) is 24.4 Å². The van der Waals surface area contributed by atoms with E-state index in [4.69, 9.17) is 4.74 Å². The van der Waals surface area contributed by atoms with Gasteiger partial charge in [0.1, 0.15) is 5.75 Å². The van der Waals surface area contributed by atoms with Crippen molar-refractivity contribution in [3.63, 3.8) is 0 Å². The van der Waals surface area contributed by atoms with E-state index < -0.39 is 5.97 Å². The Kier molecular flexibility index (Phi) is 4.93. The Morgan fingerprint density at radius 1 is 1.00 bits per heavy atom. The Bertz CT molecular complexity index is 688. The number of carboxylic acids is 1. The van der Waals surface area contributed by atoms with Crippen molar-refractivity contribution >= 4 is 17.4 Å². The smallest absolute Gasteiger partial charge is 0.187 e. The number of hydrogen-bond acceptors (Lipinski definition) is 5. The SMILES string of the molecule is COc1ccc(C(=O)/C=C\Nc2ccc(C(=O)[O-])cc2)cc1. The summed E-state index contributed by atoms with van der Waals surface area (Å²) in [6.07, 6.45) is 2.90. The predicted octanol–water partition coefficient (Wildman–Crippen LogP) is 1.87. The number of nitrogens with one attached hydrogen (secondary N) is 1. The lowest BCUT2D eigenvalue weighted by Crippen LogP contribution is -2.21. The summed E-state index contributed by atoms with van der Waals surface area (Å²) in [5, 5.41) is 13.5. The number of carbonyl (C=O) groups excluding carboxylic acids is 2. The van der Waals surface area contributed by atoms with Gasteiger partial charge in [-0.2, -0.15) is 0 Å². The first-order valence-corrected chi connectivity index (χ1v) is 6.53. The predicted molar refractivity (Wildman–Crippen MR) is 80.9 cm³/mol. The topological polar surface area (TPSA) is 78.5 Å². The van der Waals surface area contributed by atoms with Crippen molar-refractivity contribution in [3.8, 4) is 5.75 Å². The molecule has 0 aromatic heterocycles. The van der Waals surface area contributed by atoms with Crippen LogP contribution >= 0.6 is 0 Å². The van der Waals surface area contributed by atoms with Crippen molar-refractivity contribution in [1.29, 1.82) is 0 Å². The van der Waals surface area contributed by atoms with Crippen LogP contribution in [-0.4, -0.2) is 18.9 Å². The molecule has 0 unspecified atom stereocenters. The molecule has 0 bridgehead atoms. The Hall–Kier alpha value is -3.08. The molecule has 0 amide bonds. The first-order chi connectivity index (χ1) is 10.6. The molecule has 2 rings (SSSR count). The van der Waals surface area contributed by atoms with Gasteiger partial charge >= 0.3 is 0 Å². The molecular formula is C17H14NO4-. The van der Waals surface area contributed by atoms with Gasteiger partial charge in [0.25, 0.3) is 0 Å². The second kappa shape index (κ2) is 7.08. The first-order valence-electron chi connectivity index (χ1n) is 6.53. The van der Waals surface area contributed by atoms with Crippen molar-refractivity contribution in [2.75, 3.05) is 12.4 Å². The molecule has 1 N–H and O–H groups in total. The van der Waals surface area contributed by atoms with Gasteiger partial charge in [0.15, 0.2) is 5.78 Å². The lowest BCUT2D eigenvalue weighted by molar-refractivity contribution is -0.255. The highest BCUT2D eigenvalue weighted by Gasteiger charge is 2.01. The number of carboxylic acid groups (broad SMARTS) is 1. The van der Waals surface area contributed by atoms with Crippen LogP contribution in [0.2, 0.25) is 0 Å². The van der Waals surface area contributed by atoms with Crippen LogP contribution in [0.15, 0.2) is 60.8 Å².